The second-order valence-electron chi connectivity index (χ2n) is 7.31. The predicted molar refractivity (Wildman–Crippen MR) is 111 cm³/mol. The van der Waals surface area contributed by atoms with Gasteiger partial charge >= 0.3 is 11.6 Å². The van der Waals surface area contributed by atoms with E-state index in [0.717, 1.165) is 24.6 Å². The van der Waals surface area contributed by atoms with Crippen molar-refractivity contribution in [2.45, 2.75) is 39.2 Å². The van der Waals surface area contributed by atoms with Gasteiger partial charge in [-0.25, -0.2) is 9.59 Å². The SMILES string of the molecule is CCC(=O)c1ccc(OCC(=O)OCc2cc(=O)oc3cc4c(cc23)CCC4)cc1. The highest BCUT2D eigenvalue weighted by atomic mass is 16.6. The molecule has 0 spiro atoms. The van der Waals surface area contributed by atoms with Crippen molar-refractivity contribution in [2.24, 2.45) is 0 Å². The normalized spacial score (nSPS) is 12.6. The molecular formula is C24H22O6. The fraction of sp³-hybridized carbons (Fsp3) is 0.292. The molecule has 1 aliphatic carbocycles. The van der Waals surface area contributed by atoms with Gasteiger partial charge in [0.05, 0.1) is 0 Å². The molecular weight excluding hydrogens is 384 g/mol. The van der Waals surface area contributed by atoms with Crippen LogP contribution in [-0.4, -0.2) is 18.4 Å². The number of aryl methyl sites for hydroxylation is 2. The van der Waals surface area contributed by atoms with Gasteiger partial charge in [-0.15, -0.1) is 0 Å². The van der Waals surface area contributed by atoms with Gasteiger partial charge in [0.25, 0.3) is 0 Å². The molecule has 0 unspecified atom stereocenters. The lowest BCUT2D eigenvalue weighted by Gasteiger charge is -2.10. The second-order valence-corrected chi connectivity index (χ2v) is 7.31. The number of carbonyl (C=O) groups is 2. The summed E-state index contributed by atoms with van der Waals surface area (Å²) >= 11 is 0. The van der Waals surface area contributed by atoms with Crippen LogP contribution < -0.4 is 10.4 Å². The Labute approximate surface area is 173 Å². The Hall–Kier alpha value is -3.41. The van der Waals surface area contributed by atoms with E-state index in [9.17, 15) is 14.4 Å². The van der Waals surface area contributed by atoms with Crippen molar-refractivity contribution in [3.8, 4) is 5.75 Å². The van der Waals surface area contributed by atoms with E-state index in [4.69, 9.17) is 13.9 Å². The number of benzene rings is 2. The Balaban J connectivity index is 1.40. The summed E-state index contributed by atoms with van der Waals surface area (Å²) in [4.78, 5) is 35.7. The molecule has 0 fully saturated rings. The van der Waals surface area contributed by atoms with Crippen LogP contribution >= 0.6 is 0 Å². The minimum Gasteiger partial charge on any atom is -0.482 e. The highest BCUT2D eigenvalue weighted by Crippen LogP contribution is 2.28. The van der Waals surface area contributed by atoms with Crippen molar-refractivity contribution in [1.82, 2.24) is 0 Å². The van der Waals surface area contributed by atoms with Gasteiger partial charge in [-0.3, -0.25) is 4.79 Å². The smallest absolute Gasteiger partial charge is 0.344 e. The summed E-state index contributed by atoms with van der Waals surface area (Å²) in [6.07, 6.45) is 3.51. The zero-order valence-corrected chi connectivity index (χ0v) is 16.7. The topological polar surface area (TPSA) is 82.8 Å². The van der Waals surface area contributed by atoms with Crippen LogP contribution in [0.15, 0.2) is 51.7 Å². The van der Waals surface area contributed by atoms with Gasteiger partial charge in [-0.2, -0.15) is 0 Å². The number of Topliss-reactive ketones (excluding diaryl/α,β-unsaturated/α-hetero) is 1. The molecule has 0 saturated heterocycles. The Bertz CT molecular complexity index is 1160. The molecule has 0 atom stereocenters. The third-order valence-corrected chi connectivity index (χ3v) is 5.29. The Kier molecular flexibility index (Phi) is 5.65. The number of carbonyl (C=O) groups excluding carboxylic acids is 2. The van der Waals surface area contributed by atoms with Gasteiger partial charge in [0.2, 0.25) is 0 Å². The van der Waals surface area contributed by atoms with Crippen molar-refractivity contribution in [1.29, 1.82) is 0 Å². The summed E-state index contributed by atoms with van der Waals surface area (Å²) < 4.78 is 16.1. The van der Waals surface area contributed by atoms with Gasteiger partial charge in [-0.1, -0.05) is 6.92 Å². The number of hydrogen-bond donors (Lipinski definition) is 0. The average Bonchev–Trinajstić information content (AvgIpc) is 3.21. The number of ketones is 1. The van der Waals surface area contributed by atoms with Crippen LogP contribution in [-0.2, 0) is 29.0 Å². The van der Waals surface area contributed by atoms with E-state index in [1.165, 1.54) is 17.2 Å². The Morgan fingerprint density at radius 2 is 1.77 bits per heavy atom. The van der Waals surface area contributed by atoms with Crippen LogP contribution in [0.1, 0.15) is 46.8 Å². The standard InChI is InChI=1S/C24H22O6/c1-2-21(25)15-6-8-19(9-7-15)28-14-24(27)29-13-18-12-23(26)30-22-11-17-5-3-4-16(17)10-20(18)22/h6-12H,2-5,13-14H2,1H3. The average molecular weight is 406 g/mol. The lowest BCUT2D eigenvalue weighted by Crippen LogP contribution is -2.15. The van der Waals surface area contributed by atoms with Crippen LogP contribution in [0.3, 0.4) is 0 Å². The number of esters is 1. The van der Waals surface area contributed by atoms with E-state index >= 15 is 0 Å². The summed E-state index contributed by atoms with van der Waals surface area (Å²) in [7, 11) is 0. The molecule has 4 rings (SSSR count). The zero-order valence-electron chi connectivity index (χ0n) is 16.7. The lowest BCUT2D eigenvalue weighted by atomic mass is 10.0. The number of rotatable bonds is 7. The predicted octanol–water partition coefficient (Wildman–Crippen LogP) is 4.00. The number of fused-ring (bicyclic) bond motifs is 2. The molecule has 3 aromatic rings. The largest absolute Gasteiger partial charge is 0.482 e. The van der Waals surface area contributed by atoms with Crippen molar-refractivity contribution >= 4 is 22.7 Å². The quantitative estimate of drug-likeness (QED) is 0.335. The van der Waals surface area contributed by atoms with Gasteiger partial charge in [0.15, 0.2) is 12.4 Å². The molecule has 6 nitrogen and oxygen atoms in total. The van der Waals surface area contributed by atoms with E-state index in [2.05, 4.69) is 0 Å². The molecule has 0 aliphatic heterocycles. The highest BCUT2D eigenvalue weighted by molar-refractivity contribution is 5.95. The molecule has 1 aromatic heterocycles. The van der Waals surface area contributed by atoms with Crippen molar-refractivity contribution in [3.05, 3.63) is 75.1 Å². The van der Waals surface area contributed by atoms with Crippen LogP contribution in [0.2, 0.25) is 0 Å². The minimum absolute atomic E-state index is 0.0347. The highest BCUT2D eigenvalue weighted by Gasteiger charge is 2.16. The van der Waals surface area contributed by atoms with Crippen LogP contribution in [0, 0.1) is 0 Å². The molecule has 2 aromatic carbocycles. The first-order chi connectivity index (χ1) is 14.5. The Morgan fingerprint density at radius 1 is 1.03 bits per heavy atom. The van der Waals surface area contributed by atoms with Crippen molar-refractivity contribution in [2.75, 3.05) is 6.61 Å². The van der Waals surface area contributed by atoms with E-state index in [-0.39, 0.29) is 19.0 Å². The van der Waals surface area contributed by atoms with Crippen LogP contribution in [0.25, 0.3) is 11.0 Å². The third kappa shape index (κ3) is 4.27. The molecule has 154 valence electrons. The molecule has 30 heavy (non-hydrogen) atoms. The first-order valence-corrected chi connectivity index (χ1v) is 10.0. The van der Waals surface area contributed by atoms with E-state index in [1.807, 2.05) is 12.1 Å². The van der Waals surface area contributed by atoms with Gasteiger partial charge in [0, 0.05) is 29.0 Å². The van der Waals surface area contributed by atoms with Gasteiger partial charge in [0.1, 0.15) is 17.9 Å². The van der Waals surface area contributed by atoms with Crippen molar-refractivity contribution < 1.29 is 23.5 Å². The number of ether oxygens (including phenoxy) is 2. The molecule has 0 bridgehead atoms. The Morgan fingerprint density at radius 3 is 2.50 bits per heavy atom. The van der Waals surface area contributed by atoms with Gasteiger partial charge < -0.3 is 13.9 Å². The van der Waals surface area contributed by atoms with E-state index in [0.29, 0.717) is 28.9 Å². The van der Waals surface area contributed by atoms with E-state index < -0.39 is 11.6 Å². The van der Waals surface area contributed by atoms with Crippen LogP contribution in [0.5, 0.6) is 5.75 Å². The molecule has 0 amide bonds. The summed E-state index contributed by atoms with van der Waals surface area (Å²) in [5, 5.41) is 0.792. The molecule has 1 aliphatic rings. The summed E-state index contributed by atoms with van der Waals surface area (Å²) in [6, 6.07) is 11.9. The fourth-order valence-corrected chi connectivity index (χ4v) is 3.70. The molecule has 1 heterocycles. The minimum atomic E-state index is -0.550. The first kappa shape index (κ1) is 19.9. The maximum atomic E-state index is 12.1. The fourth-order valence-electron chi connectivity index (χ4n) is 3.70. The molecule has 0 N–H and O–H groups in total. The lowest BCUT2D eigenvalue weighted by molar-refractivity contribution is -0.147. The number of hydrogen-bond acceptors (Lipinski definition) is 6. The third-order valence-electron chi connectivity index (χ3n) is 5.29. The maximum Gasteiger partial charge on any atom is 0.344 e. The summed E-state index contributed by atoms with van der Waals surface area (Å²) in [5.74, 6) is -0.0293. The molecule has 0 saturated carbocycles. The summed E-state index contributed by atoms with van der Waals surface area (Å²) in [6.45, 7) is 1.50. The van der Waals surface area contributed by atoms with Crippen molar-refractivity contribution in [3.63, 3.8) is 0 Å². The zero-order chi connectivity index (χ0) is 21.1. The van der Waals surface area contributed by atoms with Gasteiger partial charge in [-0.05, 0) is 66.8 Å². The molecule has 0 radical (unpaired) electrons. The van der Waals surface area contributed by atoms with E-state index in [1.54, 1.807) is 31.2 Å². The van der Waals surface area contributed by atoms with Crippen LogP contribution in [0.4, 0.5) is 0 Å². The first-order valence-electron chi connectivity index (χ1n) is 10.0. The molecule has 6 heteroatoms. The monoisotopic (exact) mass is 406 g/mol. The maximum absolute atomic E-state index is 12.1. The second kappa shape index (κ2) is 8.53. The summed E-state index contributed by atoms with van der Waals surface area (Å²) in [5.41, 5.74) is 3.73.